The lowest BCUT2D eigenvalue weighted by atomic mass is 10.1. The van der Waals surface area contributed by atoms with Gasteiger partial charge >= 0.3 is 0 Å². The zero-order chi connectivity index (χ0) is 7.73. The first-order valence-electron chi connectivity index (χ1n) is 4.33. The first-order chi connectivity index (χ1) is 5.31. The first kappa shape index (κ1) is 7.53. The van der Waals surface area contributed by atoms with Gasteiger partial charge in [0.05, 0.1) is 12.7 Å². The molecule has 3 heteroatoms. The van der Waals surface area contributed by atoms with E-state index in [0.29, 0.717) is 0 Å². The molecule has 11 heavy (non-hydrogen) atoms. The Morgan fingerprint density at radius 3 is 2.64 bits per heavy atom. The highest BCUT2D eigenvalue weighted by Crippen LogP contribution is 2.31. The molecule has 0 aliphatic carbocycles. The average molecular weight is 157 g/mol. The van der Waals surface area contributed by atoms with Crippen LogP contribution >= 0.6 is 0 Å². The van der Waals surface area contributed by atoms with Crippen LogP contribution in [0.3, 0.4) is 0 Å². The lowest BCUT2D eigenvalue weighted by Gasteiger charge is -2.31. The van der Waals surface area contributed by atoms with Crippen molar-refractivity contribution in [1.82, 2.24) is 5.32 Å². The summed E-state index contributed by atoms with van der Waals surface area (Å²) in [4.78, 5) is 0. The number of rotatable bonds is 0. The van der Waals surface area contributed by atoms with Crippen LogP contribution in [0.25, 0.3) is 0 Å². The molecule has 2 fully saturated rings. The van der Waals surface area contributed by atoms with Gasteiger partial charge in [-0.1, -0.05) is 0 Å². The Hall–Kier alpha value is -0.120. The van der Waals surface area contributed by atoms with E-state index in [4.69, 9.17) is 9.47 Å². The Kier molecular flexibility index (Phi) is 1.87. The van der Waals surface area contributed by atoms with Gasteiger partial charge in [-0.25, -0.2) is 0 Å². The third kappa shape index (κ3) is 1.41. The minimum absolute atomic E-state index is 0.218. The van der Waals surface area contributed by atoms with Crippen LogP contribution in [0.5, 0.6) is 0 Å². The van der Waals surface area contributed by atoms with E-state index < -0.39 is 0 Å². The van der Waals surface area contributed by atoms with E-state index in [1.54, 1.807) is 0 Å². The second-order valence-electron chi connectivity index (χ2n) is 3.40. The Morgan fingerprint density at radius 1 is 1.36 bits per heavy atom. The Bertz CT molecular complexity index is 138. The highest BCUT2D eigenvalue weighted by Gasteiger charge is 2.40. The summed E-state index contributed by atoms with van der Waals surface area (Å²) in [6.07, 6.45) is 2.28. The third-order valence-corrected chi connectivity index (χ3v) is 2.36. The molecule has 1 atom stereocenters. The van der Waals surface area contributed by atoms with E-state index >= 15 is 0 Å². The van der Waals surface area contributed by atoms with Crippen molar-refractivity contribution in [3.05, 3.63) is 0 Å². The number of hydrogen-bond donors (Lipinski definition) is 1. The highest BCUT2D eigenvalue weighted by molar-refractivity contribution is 4.82. The molecule has 2 heterocycles. The smallest absolute Gasteiger partial charge is 0.171 e. The van der Waals surface area contributed by atoms with E-state index in [0.717, 1.165) is 32.5 Å². The van der Waals surface area contributed by atoms with Gasteiger partial charge < -0.3 is 14.8 Å². The minimum Gasteiger partial charge on any atom is -0.347 e. The number of piperidine rings is 1. The fourth-order valence-corrected chi connectivity index (χ4v) is 1.77. The minimum atomic E-state index is -0.218. The zero-order valence-electron chi connectivity index (χ0n) is 6.93. The molecule has 2 aliphatic heterocycles. The Labute approximate surface area is 67.1 Å². The van der Waals surface area contributed by atoms with E-state index in [-0.39, 0.29) is 11.9 Å². The van der Waals surface area contributed by atoms with Crippen LogP contribution in [0.15, 0.2) is 0 Å². The lowest BCUT2D eigenvalue weighted by Crippen LogP contribution is -2.42. The standard InChI is InChI=1S/C8H15NO2/c1-7-6-10-8(11-7)2-4-9-5-3-8/h7,9H,2-6H2,1H3/t7-/m1/s1. The van der Waals surface area contributed by atoms with Gasteiger partial charge in [0.1, 0.15) is 0 Å². The summed E-state index contributed by atoms with van der Waals surface area (Å²) in [6.45, 7) is 4.87. The molecule has 2 rings (SSSR count). The summed E-state index contributed by atoms with van der Waals surface area (Å²) in [5, 5.41) is 3.29. The molecule has 0 unspecified atom stereocenters. The van der Waals surface area contributed by atoms with Crippen molar-refractivity contribution in [1.29, 1.82) is 0 Å². The summed E-state index contributed by atoms with van der Waals surface area (Å²) >= 11 is 0. The molecular weight excluding hydrogens is 142 g/mol. The molecule has 0 bridgehead atoms. The van der Waals surface area contributed by atoms with Crippen molar-refractivity contribution in [2.75, 3.05) is 19.7 Å². The molecule has 1 N–H and O–H groups in total. The number of ether oxygens (including phenoxy) is 2. The van der Waals surface area contributed by atoms with Crippen LogP contribution in [0, 0.1) is 0 Å². The normalized spacial score (nSPS) is 36.3. The number of hydrogen-bond acceptors (Lipinski definition) is 3. The molecule has 0 saturated carbocycles. The maximum atomic E-state index is 5.73. The van der Waals surface area contributed by atoms with E-state index in [2.05, 4.69) is 12.2 Å². The van der Waals surface area contributed by atoms with Crippen molar-refractivity contribution in [3.8, 4) is 0 Å². The van der Waals surface area contributed by atoms with E-state index in [1.165, 1.54) is 0 Å². The van der Waals surface area contributed by atoms with Gasteiger partial charge in [-0.05, 0) is 6.92 Å². The van der Waals surface area contributed by atoms with Crippen LogP contribution in [-0.4, -0.2) is 31.6 Å². The zero-order valence-corrected chi connectivity index (χ0v) is 6.93. The van der Waals surface area contributed by atoms with Crippen LogP contribution in [-0.2, 0) is 9.47 Å². The van der Waals surface area contributed by atoms with Gasteiger partial charge in [-0.3, -0.25) is 0 Å². The Morgan fingerprint density at radius 2 is 2.09 bits per heavy atom. The van der Waals surface area contributed by atoms with Crippen LogP contribution in [0.4, 0.5) is 0 Å². The first-order valence-corrected chi connectivity index (χ1v) is 4.33. The van der Waals surface area contributed by atoms with Gasteiger partial charge in [0, 0.05) is 25.9 Å². The molecule has 0 radical (unpaired) electrons. The molecule has 2 saturated heterocycles. The highest BCUT2D eigenvalue weighted by atomic mass is 16.7. The summed E-state index contributed by atoms with van der Waals surface area (Å²) < 4.78 is 11.4. The van der Waals surface area contributed by atoms with E-state index in [9.17, 15) is 0 Å². The van der Waals surface area contributed by atoms with Gasteiger partial charge in [0.15, 0.2) is 5.79 Å². The molecule has 3 nitrogen and oxygen atoms in total. The molecule has 1 spiro atoms. The molecule has 0 aromatic rings. The fraction of sp³-hybridized carbons (Fsp3) is 1.00. The van der Waals surface area contributed by atoms with Gasteiger partial charge in [-0.15, -0.1) is 0 Å². The lowest BCUT2D eigenvalue weighted by molar-refractivity contribution is -0.181. The molecule has 64 valence electrons. The van der Waals surface area contributed by atoms with Crippen molar-refractivity contribution in [2.24, 2.45) is 0 Å². The van der Waals surface area contributed by atoms with Crippen molar-refractivity contribution < 1.29 is 9.47 Å². The second kappa shape index (κ2) is 2.73. The summed E-state index contributed by atoms with van der Waals surface area (Å²) in [7, 11) is 0. The molecule has 0 aromatic carbocycles. The second-order valence-corrected chi connectivity index (χ2v) is 3.40. The molecule has 0 aromatic heterocycles. The predicted molar refractivity (Wildman–Crippen MR) is 41.3 cm³/mol. The summed E-state index contributed by atoms with van der Waals surface area (Å²) in [5.74, 6) is -0.218. The molecular formula is C8H15NO2. The quantitative estimate of drug-likeness (QED) is 0.555. The summed E-state index contributed by atoms with van der Waals surface area (Å²) in [5.41, 5.74) is 0. The SMILES string of the molecule is C[C@@H]1COC2(CCNCC2)O1. The fourth-order valence-electron chi connectivity index (χ4n) is 1.77. The maximum Gasteiger partial charge on any atom is 0.171 e. The monoisotopic (exact) mass is 157 g/mol. The van der Waals surface area contributed by atoms with Gasteiger partial charge in [-0.2, -0.15) is 0 Å². The topological polar surface area (TPSA) is 30.5 Å². The van der Waals surface area contributed by atoms with Crippen LogP contribution < -0.4 is 5.32 Å². The van der Waals surface area contributed by atoms with Gasteiger partial charge in [0.25, 0.3) is 0 Å². The third-order valence-electron chi connectivity index (χ3n) is 2.36. The predicted octanol–water partition coefficient (Wildman–Crippen LogP) is 0.501. The summed E-state index contributed by atoms with van der Waals surface area (Å²) in [6, 6.07) is 0. The van der Waals surface area contributed by atoms with Crippen LogP contribution in [0.2, 0.25) is 0 Å². The maximum absolute atomic E-state index is 5.73. The molecule has 0 amide bonds. The van der Waals surface area contributed by atoms with Crippen LogP contribution in [0.1, 0.15) is 19.8 Å². The van der Waals surface area contributed by atoms with Crippen molar-refractivity contribution in [2.45, 2.75) is 31.7 Å². The largest absolute Gasteiger partial charge is 0.347 e. The van der Waals surface area contributed by atoms with Crippen molar-refractivity contribution >= 4 is 0 Å². The Balaban J connectivity index is 1.98. The van der Waals surface area contributed by atoms with E-state index in [1.807, 2.05) is 0 Å². The average Bonchev–Trinajstić information content (AvgIpc) is 2.34. The molecule has 2 aliphatic rings. The number of nitrogens with one attached hydrogen (secondary N) is 1. The van der Waals surface area contributed by atoms with Crippen molar-refractivity contribution in [3.63, 3.8) is 0 Å². The van der Waals surface area contributed by atoms with Gasteiger partial charge in [0.2, 0.25) is 0 Å².